The quantitative estimate of drug-likeness (QED) is 0.718. The van der Waals surface area contributed by atoms with Crippen LogP contribution >= 0.6 is 0 Å². The van der Waals surface area contributed by atoms with Gasteiger partial charge < -0.3 is 5.11 Å². The Balaban J connectivity index is 2.26. The lowest BCUT2D eigenvalue weighted by molar-refractivity contribution is 0.466. The molecule has 0 spiro atoms. The molecule has 0 saturated carbocycles. The first-order valence-electron chi connectivity index (χ1n) is 6.25. The van der Waals surface area contributed by atoms with E-state index in [1.54, 1.807) is 6.07 Å². The average molecular weight is 224 g/mol. The molecule has 2 aromatic rings. The van der Waals surface area contributed by atoms with Crippen molar-refractivity contribution in [2.24, 2.45) is 0 Å². The molecule has 0 unspecified atom stereocenters. The van der Waals surface area contributed by atoms with Gasteiger partial charge in [-0.3, -0.25) is 0 Å². The standard InChI is InChI=1S/C16H16O/c17-16-11-5-10-14-13-8-3-1-6-12(13)7-2-4-9-15(14)16/h1,3,5-6,8,10-11,17H,2,4,7,9H2. The van der Waals surface area contributed by atoms with E-state index in [2.05, 4.69) is 30.3 Å². The van der Waals surface area contributed by atoms with Crippen molar-refractivity contribution in [3.05, 3.63) is 53.6 Å². The van der Waals surface area contributed by atoms with E-state index in [0.717, 1.165) is 24.8 Å². The molecule has 1 nitrogen and oxygen atoms in total. The van der Waals surface area contributed by atoms with Crippen molar-refractivity contribution in [1.82, 2.24) is 0 Å². The van der Waals surface area contributed by atoms with Crippen molar-refractivity contribution in [3.63, 3.8) is 0 Å². The largest absolute Gasteiger partial charge is 0.508 e. The zero-order valence-electron chi connectivity index (χ0n) is 9.82. The molecule has 0 heterocycles. The van der Waals surface area contributed by atoms with Gasteiger partial charge >= 0.3 is 0 Å². The number of fused-ring (bicyclic) bond motifs is 3. The second-order valence-electron chi connectivity index (χ2n) is 4.67. The summed E-state index contributed by atoms with van der Waals surface area (Å²) in [6.45, 7) is 0. The lowest BCUT2D eigenvalue weighted by atomic mass is 9.87. The molecule has 1 aliphatic rings. The Bertz CT molecular complexity index is 543. The van der Waals surface area contributed by atoms with Crippen molar-refractivity contribution < 1.29 is 5.11 Å². The maximum atomic E-state index is 10.00. The number of phenolic OH excluding ortho intramolecular Hbond substituents is 1. The fourth-order valence-corrected chi connectivity index (χ4v) is 2.71. The summed E-state index contributed by atoms with van der Waals surface area (Å²) in [5.41, 5.74) is 5.01. The highest BCUT2D eigenvalue weighted by Crippen LogP contribution is 2.35. The summed E-state index contributed by atoms with van der Waals surface area (Å²) in [4.78, 5) is 0. The van der Waals surface area contributed by atoms with Gasteiger partial charge in [0.15, 0.2) is 0 Å². The summed E-state index contributed by atoms with van der Waals surface area (Å²) in [6, 6.07) is 14.4. The molecule has 0 radical (unpaired) electrons. The minimum atomic E-state index is 0.444. The predicted octanol–water partition coefficient (Wildman–Crippen LogP) is 3.94. The van der Waals surface area contributed by atoms with E-state index in [1.165, 1.54) is 23.1 Å². The van der Waals surface area contributed by atoms with Crippen LogP contribution in [-0.4, -0.2) is 5.11 Å². The van der Waals surface area contributed by atoms with Crippen LogP contribution in [0.1, 0.15) is 24.0 Å². The number of benzene rings is 2. The zero-order chi connectivity index (χ0) is 11.7. The van der Waals surface area contributed by atoms with Crippen LogP contribution in [0.4, 0.5) is 0 Å². The molecule has 2 aromatic carbocycles. The first-order chi connectivity index (χ1) is 8.36. The van der Waals surface area contributed by atoms with Crippen LogP contribution in [0.5, 0.6) is 5.75 Å². The van der Waals surface area contributed by atoms with Crippen molar-refractivity contribution in [3.8, 4) is 16.9 Å². The average Bonchev–Trinajstić information content (AvgIpc) is 2.33. The van der Waals surface area contributed by atoms with E-state index < -0.39 is 0 Å². The number of aryl methyl sites for hydroxylation is 1. The fraction of sp³-hybridized carbons (Fsp3) is 0.250. The van der Waals surface area contributed by atoms with Crippen molar-refractivity contribution in [2.45, 2.75) is 25.7 Å². The molecule has 0 saturated heterocycles. The van der Waals surface area contributed by atoms with Gasteiger partial charge in [0.25, 0.3) is 0 Å². The van der Waals surface area contributed by atoms with Gasteiger partial charge in [-0.2, -0.15) is 0 Å². The van der Waals surface area contributed by atoms with Crippen LogP contribution in [0.25, 0.3) is 11.1 Å². The molecule has 0 atom stereocenters. The molecule has 86 valence electrons. The smallest absolute Gasteiger partial charge is 0.119 e. The van der Waals surface area contributed by atoms with E-state index in [1.807, 2.05) is 6.07 Å². The topological polar surface area (TPSA) is 20.2 Å². The molecule has 0 amide bonds. The maximum Gasteiger partial charge on any atom is 0.119 e. The van der Waals surface area contributed by atoms with E-state index in [-0.39, 0.29) is 0 Å². The monoisotopic (exact) mass is 224 g/mol. The Kier molecular flexibility index (Phi) is 2.60. The van der Waals surface area contributed by atoms with Gasteiger partial charge in [-0.15, -0.1) is 0 Å². The van der Waals surface area contributed by atoms with Crippen molar-refractivity contribution in [1.29, 1.82) is 0 Å². The molecule has 0 bridgehead atoms. The third-order valence-electron chi connectivity index (χ3n) is 3.58. The maximum absolute atomic E-state index is 10.00. The highest BCUT2D eigenvalue weighted by Gasteiger charge is 2.14. The van der Waals surface area contributed by atoms with Crippen LogP contribution in [0.15, 0.2) is 42.5 Å². The lowest BCUT2D eigenvalue weighted by Gasteiger charge is -2.18. The van der Waals surface area contributed by atoms with Gasteiger partial charge in [0.05, 0.1) is 0 Å². The molecule has 3 rings (SSSR count). The Morgan fingerprint density at radius 2 is 1.53 bits per heavy atom. The molecule has 0 aromatic heterocycles. The van der Waals surface area contributed by atoms with Crippen molar-refractivity contribution >= 4 is 0 Å². The predicted molar refractivity (Wildman–Crippen MR) is 70.2 cm³/mol. The highest BCUT2D eigenvalue weighted by atomic mass is 16.3. The van der Waals surface area contributed by atoms with Crippen LogP contribution in [0.3, 0.4) is 0 Å². The summed E-state index contributed by atoms with van der Waals surface area (Å²) in [5.74, 6) is 0.444. The van der Waals surface area contributed by atoms with Gasteiger partial charge in [0, 0.05) is 5.56 Å². The first kappa shape index (κ1) is 10.4. The fourth-order valence-electron chi connectivity index (χ4n) is 2.71. The summed E-state index contributed by atoms with van der Waals surface area (Å²) in [6.07, 6.45) is 4.48. The number of rotatable bonds is 0. The molecule has 0 aliphatic heterocycles. The molecule has 17 heavy (non-hydrogen) atoms. The SMILES string of the molecule is Oc1cccc2c1CCCCc1ccccc1-2. The third kappa shape index (κ3) is 1.82. The van der Waals surface area contributed by atoms with Gasteiger partial charge in [0.1, 0.15) is 5.75 Å². The van der Waals surface area contributed by atoms with E-state index >= 15 is 0 Å². The summed E-state index contributed by atoms with van der Waals surface area (Å²) in [7, 11) is 0. The molecule has 1 aliphatic carbocycles. The van der Waals surface area contributed by atoms with Crippen LogP contribution in [-0.2, 0) is 12.8 Å². The van der Waals surface area contributed by atoms with Gasteiger partial charge in [0.2, 0.25) is 0 Å². The first-order valence-corrected chi connectivity index (χ1v) is 6.25. The van der Waals surface area contributed by atoms with E-state index in [0.29, 0.717) is 5.75 Å². The minimum Gasteiger partial charge on any atom is -0.508 e. The van der Waals surface area contributed by atoms with Crippen LogP contribution < -0.4 is 0 Å². The van der Waals surface area contributed by atoms with E-state index in [4.69, 9.17) is 0 Å². The summed E-state index contributed by atoms with van der Waals surface area (Å²) < 4.78 is 0. The van der Waals surface area contributed by atoms with Crippen molar-refractivity contribution in [2.75, 3.05) is 0 Å². The summed E-state index contributed by atoms with van der Waals surface area (Å²) in [5, 5.41) is 10.00. The summed E-state index contributed by atoms with van der Waals surface area (Å²) >= 11 is 0. The van der Waals surface area contributed by atoms with Gasteiger partial charge in [-0.25, -0.2) is 0 Å². The van der Waals surface area contributed by atoms with Crippen LogP contribution in [0, 0.1) is 0 Å². The Labute approximate surface area is 102 Å². The normalized spacial score (nSPS) is 14.4. The lowest BCUT2D eigenvalue weighted by Crippen LogP contribution is -2.00. The Morgan fingerprint density at radius 3 is 2.47 bits per heavy atom. The zero-order valence-corrected chi connectivity index (χ0v) is 9.82. The molecule has 0 fully saturated rings. The van der Waals surface area contributed by atoms with Gasteiger partial charge in [-0.1, -0.05) is 36.4 Å². The number of hydrogen-bond donors (Lipinski definition) is 1. The number of phenols is 1. The number of aromatic hydroxyl groups is 1. The van der Waals surface area contributed by atoms with Crippen LogP contribution in [0.2, 0.25) is 0 Å². The Morgan fingerprint density at radius 1 is 0.765 bits per heavy atom. The number of hydrogen-bond acceptors (Lipinski definition) is 1. The third-order valence-corrected chi connectivity index (χ3v) is 3.58. The second-order valence-corrected chi connectivity index (χ2v) is 4.67. The minimum absolute atomic E-state index is 0.444. The highest BCUT2D eigenvalue weighted by molar-refractivity contribution is 5.73. The van der Waals surface area contributed by atoms with E-state index in [9.17, 15) is 5.11 Å². The second kappa shape index (κ2) is 4.25. The molecule has 1 N–H and O–H groups in total. The molecular weight excluding hydrogens is 208 g/mol. The Hall–Kier alpha value is -1.76. The molecular formula is C16H16O. The molecule has 1 heteroatoms. The van der Waals surface area contributed by atoms with Gasteiger partial charge in [-0.05, 0) is 48.4 Å².